The van der Waals surface area contributed by atoms with Gasteiger partial charge in [0, 0.05) is 45.2 Å². The van der Waals surface area contributed by atoms with Gasteiger partial charge in [0.2, 0.25) is 12.4 Å². The summed E-state index contributed by atoms with van der Waals surface area (Å²) >= 11 is 0. The minimum Gasteiger partial charge on any atom is -0.490 e. The van der Waals surface area contributed by atoms with Crippen LogP contribution >= 0.6 is 0 Å². The first-order chi connectivity index (χ1) is 18.5. The van der Waals surface area contributed by atoms with Crippen LogP contribution in [0.25, 0.3) is 11.0 Å². The molecular formula is C26H30O13. The highest BCUT2D eigenvalue weighted by Gasteiger charge is 2.53. The molecule has 1 aromatic carbocycles. The van der Waals surface area contributed by atoms with E-state index in [1.807, 2.05) is 6.92 Å². The van der Waals surface area contributed by atoms with Crippen LogP contribution in [0.2, 0.25) is 0 Å². The summed E-state index contributed by atoms with van der Waals surface area (Å²) in [5, 5.41) is 0.485. The SMILES string of the molecule is CCCOc1cc2oc(=O)ccc2cc1O[C@@H]1O[C@H](COC(C)=O)[C@@H](OC(C)=O)[C@H](OC(C)=O)[C@H]1OC(C)=O. The van der Waals surface area contributed by atoms with Crippen molar-refractivity contribution in [3.05, 3.63) is 34.7 Å². The van der Waals surface area contributed by atoms with E-state index in [1.165, 1.54) is 31.2 Å². The molecule has 0 bridgehead atoms. The van der Waals surface area contributed by atoms with Crippen molar-refractivity contribution in [3.63, 3.8) is 0 Å². The van der Waals surface area contributed by atoms with Crippen molar-refractivity contribution in [1.29, 1.82) is 0 Å². The number of hydrogen-bond donors (Lipinski definition) is 0. The monoisotopic (exact) mass is 550 g/mol. The Hall–Kier alpha value is -4.13. The third-order valence-electron chi connectivity index (χ3n) is 5.34. The molecule has 2 aromatic rings. The number of esters is 4. The van der Waals surface area contributed by atoms with Gasteiger partial charge in [-0.25, -0.2) is 4.79 Å². The molecule has 2 heterocycles. The average Bonchev–Trinajstić information content (AvgIpc) is 2.84. The van der Waals surface area contributed by atoms with E-state index in [0.29, 0.717) is 11.8 Å². The highest BCUT2D eigenvalue weighted by Crippen LogP contribution is 2.37. The molecule has 39 heavy (non-hydrogen) atoms. The first kappa shape index (κ1) is 29.4. The van der Waals surface area contributed by atoms with Crippen molar-refractivity contribution < 1.29 is 56.8 Å². The van der Waals surface area contributed by atoms with E-state index < -0.39 is 66.8 Å². The zero-order chi connectivity index (χ0) is 28.7. The maximum absolute atomic E-state index is 12.1. The van der Waals surface area contributed by atoms with Gasteiger partial charge in [0.05, 0.1) is 6.61 Å². The average molecular weight is 551 g/mol. The summed E-state index contributed by atoms with van der Waals surface area (Å²) in [6.07, 6.45) is -6.13. The molecule has 13 heteroatoms. The number of carbonyl (C=O) groups excluding carboxylic acids is 4. The molecule has 5 atom stereocenters. The minimum absolute atomic E-state index is 0.116. The van der Waals surface area contributed by atoms with Crippen LogP contribution in [0.5, 0.6) is 11.5 Å². The van der Waals surface area contributed by atoms with E-state index in [-0.39, 0.29) is 23.7 Å². The Morgan fingerprint density at radius 2 is 1.46 bits per heavy atom. The molecule has 0 saturated carbocycles. The van der Waals surface area contributed by atoms with E-state index in [9.17, 15) is 24.0 Å². The van der Waals surface area contributed by atoms with Crippen LogP contribution in [0, 0.1) is 0 Å². The van der Waals surface area contributed by atoms with Crippen LogP contribution in [-0.4, -0.2) is 67.8 Å². The quantitative estimate of drug-likeness (QED) is 0.240. The number of carbonyl (C=O) groups is 4. The van der Waals surface area contributed by atoms with E-state index in [1.54, 1.807) is 0 Å². The molecule has 1 aliphatic rings. The Bertz CT molecular complexity index is 1270. The largest absolute Gasteiger partial charge is 0.490 e. The third kappa shape index (κ3) is 7.93. The molecule has 0 aliphatic carbocycles. The lowest BCUT2D eigenvalue weighted by Crippen LogP contribution is -2.63. The van der Waals surface area contributed by atoms with Crippen molar-refractivity contribution in [3.8, 4) is 11.5 Å². The maximum atomic E-state index is 12.1. The highest BCUT2D eigenvalue weighted by molar-refractivity contribution is 5.80. The summed E-state index contributed by atoms with van der Waals surface area (Å²) in [6, 6.07) is 5.74. The summed E-state index contributed by atoms with van der Waals surface area (Å²) in [6.45, 7) is 6.32. The number of hydrogen-bond acceptors (Lipinski definition) is 13. The Labute approximate surface area is 223 Å². The van der Waals surface area contributed by atoms with Crippen LogP contribution < -0.4 is 15.1 Å². The van der Waals surface area contributed by atoms with Crippen LogP contribution in [0.1, 0.15) is 41.0 Å². The fourth-order valence-corrected chi connectivity index (χ4v) is 3.90. The predicted molar refractivity (Wildman–Crippen MR) is 131 cm³/mol. The second-order valence-electron chi connectivity index (χ2n) is 8.63. The zero-order valence-corrected chi connectivity index (χ0v) is 22.1. The lowest BCUT2D eigenvalue weighted by molar-refractivity contribution is -0.288. The van der Waals surface area contributed by atoms with Crippen LogP contribution in [0.3, 0.4) is 0 Å². The van der Waals surface area contributed by atoms with Crippen molar-refractivity contribution in [2.45, 2.75) is 71.7 Å². The second-order valence-corrected chi connectivity index (χ2v) is 8.63. The van der Waals surface area contributed by atoms with Crippen molar-refractivity contribution in [2.75, 3.05) is 13.2 Å². The number of benzene rings is 1. The first-order valence-electron chi connectivity index (χ1n) is 12.2. The molecular weight excluding hydrogens is 520 g/mol. The van der Waals surface area contributed by atoms with Gasteiger partial charge < -0.3 is 37.6 Å². The summed E-state index contributed by atoms with van der Waals surface area (Å²) in [7, 11) is 0. The van der Waals surface area contributed by atoms with Crippen molar-refractivity contribution in [1.82, 2.24) is 0 Å². The lowest BCUT2D eigenvalue weighted by atomic mass is 9.98. The van der Waals surface area contributed by atoms with Crippen LogP contribution in [-0.2, 0) is 42.9 Å². The van der Waals surface area contributed by atoms with Gasteiger partial charge in [-0.05, 0) is 18.6 Å². The zero-order valence-electron chi connectivity index (χ0n) is 22.1. The highest BCUT2D eigenvalue weighted by atomic mass is 16.7. The van der Waals surface area contributed by atoms with Crippen molar-refractivity contribution in [2.24, 2.45) is 0 Å². The number of rotatable bonds is 10. The van der Waals surface area contributed by atoms with Gasteiger partial charge in [0.1, 0.15) is 18.3 Å². The van der Waals surface area contributed by atoms with Gasteiger partial charge in [-0.2, -0.15) is 0 Å². The molecule has 1 saturated heterocycles. The summed E-state index contributed by atoms with van der Waals surface area (Å²) in [5.41, 5.74) is -0.320. The summed E-state index contributed by atoms with van der Waals surface area (Å²) in [4.78, 5) is 59.2. The van der Waals surface area contributed by atoms with Gasteiger partial charge in [-0.1, -0.05) is 6.92 Å². The molecule has 0 spiro atoms. The smallest absolute Gasteiger partial charge is 0.336 e. The number of ether oxygens (including phenoxy) is 7. The maximum Gasteiger partial charge on any atom is 0.336 e. The first-order valence-corrected chi connectivity index (χ1v) is 12.2. The fraction of sp³-hybridized carbons (Fsp3) is 0.500. The molecule has 212 valence electrons. The van der Waals surface area contributed by atoms with Gasteiger partial charge >= 0.3 is 29.5 Å². The van der Waals surface area contributed by atoms with Gasteiger partial charge in [0.15, 0.2) is 23.7 Å². The standard InChI is InChI=1S/C26H30O13/c1-6-9-32-19-11-18-17(7-8-22(31)37-18)10-20(19)38-26-25(36-16(5)30)24(35-15(4)29)23(34-14(3)28)21(39-26)12-33-13(2)27/h7-8,10-11,21,23-26H,6,9,12H2,1-5H3/t21-,23-,24+,25-,26-/m1/s1. The Balaban J connectivity index is 2.09. The van der Waals surface area contributed by atoms with Gasteiger partial charge in [0.25, 0.3) is 0 Å². The molecule has 0 unspecified atom stereocenters. The van der Waals surface area contributed by atoms with Gasteiger partial charge in [-0.3, -0.25) is 19.2 Å². The van der Waals surface area contributed by atoms with Gasteiger partial charge in [-0.15, -0.1) is 0 Å². The summed E-state index contributed by atoms with van der Waals surface area (Å²) < 4.78 is 44.4. The number of fused-ring (bicyclic) bond motifs is 1. The molecule has 0 amide bonds. The topological polar surface area (TPSA) is 163 Å². The minimum atomic E-state index is -1.46. The molecule has 1 aliphatic heterocycles. The summed E-state index contributed by atoms with van der Waals surface area (Å²) in [5.74, 6) is -2.63. The van der Waals surface area contributed by atoms with E-state index in [0.717, 1.165) is 20.8 Å². The van der Waals surface area contributed by atoms with E-state index >= 15 is 0 Å². The van der Waals surface area contributed by atoms with Crippen LogP contribution in [0.4, 0.5) is 0 Å². The Kier molecular flexibility index (Phi) is 9.88. The molecule has 1 aromatic heterocycles. The molecule has 3 rings (SSSR count). The van der Waals surface area contributed by atoms with Crippen molar-refractivity contribution >= 4 is 34.8 Å². The second kappa shape index (κ2) is 13.1. The normalized spacial score (nSPS) is 22.4. The Morgan fingerprint density at radius 3 is 2.08 bits per heavy atom. The Morgan fingerprint density at radius 1 is 0.821 bits per heavy atom. The molecule has 0 radical (unpaired) electrons. The predicted octanol–water partition coefficient (Wildman–Crippen LogP) is 2.04. The molecule has 0 N–H and O–H groups in total. The molecule has 1 fully saturated rings. The van der Waals surface area contributed by atoms with E-state index in [4.69, 9.17) is 37.6 Å². The molecule has 13 nitrogen and oxygen atoms in total. The van der Waals surface area contributed by atoms with Crippen LogP contribution in [0.15, 0.2) is 33.5 Å². The van der Waals surface area contributed by atoms with E-state index in [2.05, 4.69) is 0 Å². The fourth-order valence-electron chi connectivity index (χ4n) is 3.90. The lowest BCUT2D eigenvalue weighted by Gasteiger charge is -2.44. The third-order valence-corrected chi connectivity index (χ3v) is 5.34.